The minimum Gasteiger partial charge on any atom is -0.477 e. The van der Waals surface area contributed by atoms with Crippen molar-refractivity contribution in [3.05, 3.63) is 48.4 Å². The van der Waals surface area contributed by atoms with Crippen molar-refractivity contribution in [1.29, 1.82) is 5.26 Å². The summed E-state index contributed by atoms with van der Waals surface area (Å²) in [4.78, 5) is 8.76. The number of hydrogen-bond acceptors (Lipinski definition) is 6. The molecule has 0 aliphatic heterocycles. The molecule has 0 radical (unpaired) electrons. The first-order valence-electron chi connectivity index (χ1n) is 8.58. The maximum absolute atomic E-state index is 9.28. The van der Waals surface area contributed by atoms with Crippen molar-refractivity contribution in [3.63, 3.8) is 0 Å². The van der Waals surface area contributed by atoms with Gasteiger partial charge in [-0.3, -0.25) is 0 Å². The van der Waals surface area contributed by atoms with Crippen LogP contribution in [0, 0.1) is 17.2 Å². The van der Waals surface area contributed by atoms with E-state index in [0.717, 1.165) is 11.1 Å². The molecular formula is C20H18N4O2. The van der Waals surface area contributed by atoms with Gasteiger partial charge in [0.15, 0.2) is 5.76 Å². The largest absolute Gasteiger partial charge is 0.477 e. The van der Waals surface area contributed by atoms with Crippen LogP contribution in [0.25, 0.3) is 22.6 Å². The predicted molar refractivity (Wildman–Crippen MR) is 97.1 cm³/mol. The third-order valence-corrected chi connectivity index (χ3v) is 4.67. The van der Waals surface area contributed by atoms with E-state index in [4.69, 9.17) is 14.9 Å². The van der Waals surface area contributed by atoms with Crippen molar-refractivity contribution >= 4 is 5.82 Å². The molecule has 4 rings (SSSR count). The van der Waals surface area contributed by atoms with Crippen molar-refractivity contribution in [2.24, 2.45) is 5.92 Å². The third kappa shape index (κ3) is 3.11. The molecule has 1 aliphatic rings. The summed E-state index contributed by atoms with van der Waals surface area (Å²) in [6.45, 7) is 0.714. The second-order valence-electron chi connectivity index (χ2n) is 6.40. The molecule has 3 heterocycles. The monoisotopic (exact) mass is 346 g/mol. The molecule has 26 heavy (non-hydrogen) atoms. The van der Waals surface area contributed by atoms with Crippen LogP contribution < -0.4 is 10.5 Å². The zero-order valence-electron chi connectivity index (χ0n) is 14.2. The minimum absolute atomic E-state index is 0.177. The molecule has 2 N–H and O–H groups in total. The fraction of sp³-hybridized carbons (Fsp3) is 0.250. The van der Waals surface area contributed by atoms with Crippen molar-refractivity contribution in [3.8, 4) is 34.5 Å². The lowest BCUT2D eigenvalue weighted by Gasteiger charge is -2.24. The molecule has 0 amide bonds. The summed E-state index contributed by atoms with van der Waals surface area (Å²) in [5, 5.41) is 9.28. The van der Waals surface area contributed by atoms with Gasteiger partial charge < -0.3 is 14.9 Å². The number of nitriles is 1. The van der Waals surface area contributed by atoms with E-state index in [-0.39, 0.29) is 5.82 Å². The maximum Gasteiger partial charge on any atom is 0.213 e. The van der Waals surface area contributed by atoms with Gasteiger partial charge in [0, 0.05) is 23.4 Å². The second kappa shape index (κ2) is 6.89. The van der Waals surface area contributed by atoms with Gasteiger partial charge in [-0.1, -0.05) is 6.42 Å². The number of ether oxygens (including phenoxy) is 1. The molecule has 130 valence electrons. The molecule has 1 saturated carbocycles. The van der Waals surface area contributed by atoms with Gasteiger partial charge in [-0.05, 0) is 43.0 Å². The average Bonchev–Trinajstić information content (AvgIpc) is 3.15. The first-order valence-corrected chi connectivity index (χ1v) is 8.58. The zero-order valence-corrected chi connectivity index (χ0v) is 14.2. The highest BCUT2D eigenvalue weighted by Gasteiger charge is 2.19. The Balaban J connectivity index is 1.66. The molecule has 0 aromatic carbocycles. The van der Waals surface area contributed by atoms with Gasteiger partial charge in [-0.2, -0.15) is 5.26 Å². The van der Waals surface area contributed by atoms with Crippen molar-refractivity contribution in [2.75, 3.05) is 12.3 Å². The molecule has 0 unspecified atom stereocenters. The molecule has 0 atom stereocenters. The number of furan rings is 1. The highest BCUT2D eigenvalue weighted by Crippen LogP contribution is 2.33. The molecule has 1 aliphatic carbocycles. The van der Waals surface area contributed by atoms with Gasteiger partial charge in [0.1, 0.15) is 17.6 Å². The average molecular weight is 346 g/mol. The van der Waals surface area contributed by atoms with Crippen LogP contribution in [-0.4, -0.2) is 16.6 Å². The van der Waals surface area contributed by atoms with Crippen molar-refractivity contribution in [2.45, 2.75) is 19.3 Å². The van der Waals surface area contributed by atoms with E-state index in [9.17, 15) is 5.26 Å². The van der Waals surface area contributed by atoms with E-state index in [1.54, 1.807) is 30.7 Å². The number of aromatic nitrogens is 2. The smallest absolute Gasteiger partial charge is 0.213 e. The fourth-order valence-electron chi connectivity index (χ4n) is 2.93. The summed E-state index contributed by atoms with van der Waals surface area (Å²) in [5.41, 5.74) is 8.34. The molecule has 6 heteroatoms. The number of anilines is 1. The lowest BCUT2D eigenvalue weighted by Crippen LogP contribution is -2.19. The third-order valence-electron chi connectivity index (χ3n) is 4.67. The quantitative estimate of drug-likeness (QED) is 0.749. The van der Waals surface area contributed by atoms with Crippen LogP contribution in [0.2, 0.25) is 0 Å². The minimum atomic E-state index is 0.177. The normalized spacial score (nSPS) is 13.8. The van der Waals surface area contributed by atoms with Gasteiger partial charge >= 0.3 is 0 Å². The lowest BCUT2D eigenvalue weighted by molar-refractivity contribution is 0.175. The summed E-state index contributed by atoms with van der Waals surface area (Å²) >= 11 is 0. The molecule has 0 saturated heterocycles. The number of pyridine rings is 2. The molecule has 1 fully saturated rings. The Kier molecular flexibility index (Phi) is 4.28. The Labute approximate surface area is 151 Å². The van der Waals surface area contributed by atoms with E-state index < -0.39 is 0 Å². The van der Waals surface area contributed by atoms with E-state index in [2.05, 4.69) is 16.0 Å². The van der Waals surface area contributed by atoms with Gasteiger partial charge in [-0.15, -0.1) is 0 Å². The number of nitrogens with zero attached hydrogens (tertiary/aromatic N) is 3. The summed E-state index contributed by atoms with van der Waals surface area (Å²) in [5.74, 6) is 2.02. The number of nitrogens with two attached hydrogens (primary N) is 1. The predicted octanol–water partition coefficient (Wildman–Crippen LogP) is 4.04. The molecular weight excluding hydrogens is 328 g/mol. The second-order valence-corrected chi connectivity index (χ2v) is 6.40. The Bertz CT molecular complexity index is 939. The molecule has 0 bridgehead atoms. The Morgan fingerprint density at radius 3 is 2.81 bits per heavy atom. The number of rotatable bonds is 5. The summed E-state index contributed by atoms with van der Waals surface area (Å²) in [6, 6.07) is 11.1. The number of nitrogen functional groups attached to an aromatic ring is 1. The van der Waals surface area contributed by atoms with Crippen molar-refractivity contribution in [1.82, 2.24) is 9.97 Å². The summed E-state index contributed by atoms with van der Waals surface area (Å²) in [7, 11) is 0. The van der Waals surface area contributed by atoms with Gasteiger partial charge in [-0.25, -0.2) is 9.97 Å². The first-order chi connectivity index (χ1) is 12.7. The summed E-state index contributed by atoms with van der Waals surface area (Å²) < 4.78 is 11.2. The lowest BCUT2D eigenvalue weighted by atomic mass is 9.86. The summed E-state index contributed by atoms with van der Waals surface area (Å²) in [6.07, 6.45) is 7.06. The van der Waals surface area contributed by atoms with Crippen LogP contribution in [0.5, 0.6) is 5.88 Å². The van der Waals surface area contributed by atoms with Crippen LogP contribution in [-0.2, 0) is 0 Å². The maximum atomic E-state index is 9.28. The van der Waals surface area contributed by atoms with Crippen LogP contribution in [0.15, 0.2) is 47.2 Å². The molecule has 3 aromatic rings. The standard InChI is InChI=1S/C20H18N4O2/c21-10-15-9-16(19(24-20(15)22)17-5-2-8-25-17)14-6-7-18(23-11-14)26-12-13-3-1-4-13/h2,5-9,11,13H,1,3-4,12H2,(H2,22,24). The van der Waals surface area contributed by atoms with Crippen LogP contribution in [0.1, 0.15) is 24.8 Å². The van der Waals surface area contributed by atoms with E-state index in [0.29, 0.717) is 35.4 Å². The Morgan fingerprint density at radius 2 is 2.19 bits per heavy atom. The van der Waals surface area contributed by atoms with Crippen LogP contribution in [0.3, 0.4) is 0 Å². The molecule has 6 nitrogen and oxygen atoms in total. The van der Waals surface area contributed by atoms with E-state index in [1.165, 1.54) is 19.3 Å². The Morgan fingerprint density at radius 1 is 1.31 bits per heavy atom. The van der Waals surface area contributed by atoms with Gasteiger partial charge in [0.05, 0.1) is 18.4 Å². The fourth-order valence-corrected chi connectivity index (χ4v) is 2.93. The Hall–Kier alpha value is -3.33. The zero-order chi connectivity index (χ0) is 17.9. The van der Waals surface area contributed by atoms with E-state index >= 15 is 0 Å². The highest BCUT2D eigenvalue weighted by atomic mass is 16.5. The first kappa shape index (κ1) is 16.2. The highest BCUT2D eigenvalue weighted by molar-refractivity contribution is 5.81. The number of hydrogen-bond donors (Lipinski definition) is 1. The van der Waals surface area contributed by atoms with Crippen LogP contribution >= 0.6 is 0 Å². The van der Waals surface area contributed by atoms with Gasteiger partial charge in [0.25, 0.3) is 0 Å². The van der Waals surface area contributed by atoms with Crippen molar-refractivity contribution < 1.29 is 9.15 Å². The van der Waals surface area contributed by atoms with Crippen LogP contribution in [0.4, 0.5) is 5.82 Å². The topological polar surface area (TPSA) is 98.0 Å². The van der Waals surface area contributed by atoms with Gasteiger partial charge in [0.2, 0.25) is 5.88 Å². The molecule has 0 spiro atoms. The molecule has 3 aromatic heterocycles. The SMILES string of the molecule is N#Cc1cc(-c2ccc(OCC3CCC3)nc2)c(-c2ccco2)nc1N. The van der Waals surface area contributed by atoms with E-state index in [1.807, 2.05) is 12.1 Å².